The lowest BCUT2D eigenvalue weighted by Crippen LogP contribution is -2.33. The third kappa shape index (κ3) is 5.41. The molecule has 1 aliphatic carbocycles. The zero-order chi connectivity index (χ0) is 24.5. The topological polar surface area (TPSA) is 111 Å². The van der Waals surface area contributed by atoms with Gasteiger partial charge in [-0.3, -0.25) is 9.52 Å². The summed E-state index contributed by atoms with van der Waals surface area (Å²) >= 11 is 1.95. The summed E-state index contributed by atoms with van der Waals surface area (Å²) in [6.45, 7) is 0. The maximum atomic E-state index is 14.4. The monoisotopic (exact) mass is 599 g/mol. The van der Waals surface area contributed by atoms with Crippen LogP contribution in [0.5, 0.6) is 11.5 Å². The number of hydrogen-bond donors (Lipinski definition) is 3. The Labute approximate surface area is 208 Å². The van der Waals surface area contributed by atoms with E-state index in [1.165, 1.54) is 24.3 Å². The predicted molar refractivity (Wildman–Crippen MR) is 134 cm³/mol. The number of carbonyl (C=O) groups is 1. The first kappa shape index (κ1) is 24.2. The lowest BCUT2D eigenvalue weighted by molar-refractivity contribution is 0.0999. The number of anilines is 3. The van der Waals surface area contributed by atoms with Crippen LogP contribution in [-0.2, 0) is 10.0 Å². The summed E-state index contributed by atoms with van der Waals surface area (Å²) in [6.07, 6.45) is 2.08. The first-order chi connectivity index (χ1) is 16.1. The molecule has 0 aromatic heterocycles. The van der Waals surface area contributed by atoms with E-state index in [0.717, 1.165) is 18.6 Å². The minimum Gasteiger partial charge on any atom is -0.456 e. The zero-order valence-electron chi connectivity index (χ0n) is 17.6. The van der Waals surface area contributed by atoms with Gasteiger partial charge in [0.2, 0.25) is 10.0 Å². The van der Waals surface area contributed by atoms with Crippen LogP contribution in [0, 0.1) is 15.2 Å². The molecule has 1 fully saturated rings. The predicted octanol–water partition coefficient (Wildman–Crippen LogP) is 5.50. The van der Waals surface area contributed by atoms with Gasteiger partial charge in [-0.1, -0.05) is 12.5 Å². The number of sulfonamides is 1. The Morgan fingerprint density at radius 2 is 1.82 bits per heavy atom. The number of amides is 1. The van der Waals surface area contributed by atoms with Crippen LogP contribution in [0.1, 0.15) is 29.6 Å². The van der Waals surface area contributed by atoms with Gasteiger partial charge in [-0.05, 0) is 71.8 Å². The van der Waals surface area contributed by atoms with Crippen molar-refractivity contribution in [3.05, 3.63) is 75.4 Å². The van der Waals surface area contributed by atoms with Crippen molar-refractivity contribution < 1.29 is 26.7 Å². The van der Waals surface area contributed by atoms with Gasteiger partial charge in [0.15, 0.2) is 0 Å². The Hall–Kier alpha value is -2.93. The molecule has 11 heteroatoms. The largest absolute Gasteiger partial charge is 0.456 e. The van der Waals surface area contributed by atoms with Crippen LogP contribution in [0.3, 0.4) is 0 Å². The Bertz CT molecular complexity index is 1360. The van der Waals surface area contributed by atoms with E-state index >= 15 is 0 Å². The van der Waals surface area contributed by atoms with E-state index in [1.54, 1.807) is 18.2 Å². The highest BCUT2D eigenvalue weighted by molar-refractivity contribution is 14.1. The summed E-state index contributed by atoms with van der Waals surface area (Å²) in [5, 5.41) is 2.26. The quantitative estimate of drug-likeness (QED) is 0.297. The third-order valence-electron chi connectivity index (χ3n) is 5.33. The van der Waals surface area contributed by atoms with Crippen molar-refractivity contribution in [1.82, 2.24) is 0 Å². The van der Waals surface area contributed by atoms with Gasteiger partial charge in [0.05, 0.1) is 22.3 Å². The molecule has 1 aliphatic rings. The van der Waals surface area contributed by atoms with Crippen LogP contribution in [0.4, 0.5) is 25.8 Å². The maximum absolute atomic E-state index is 14.4. The summed E-state index contributed by atoms with van der Waals surface area (Å²) < 4.78 is 62.5. The van der Waals surface area contributed by atoms with Gasteiger partial charge < -0.3 is 15.8 Å². The second-order valence-electron chi connectivity index (χ2n) is 7.77. The molecule has 0 atom stereocenters. The molecule has 1 saturated carbocycles. The molecule has 0 radical (unpaired) electrons. The Morgan fingerprint density at radius 3 is 2.47 bits per heavy atom. The Kier molecular flexibility index (Phi) is 6.94. The average Bonchev–Trinajstić information content (AvgIpc) is 2.67. The fourth-order valence-electron chi connectivity index (χ4n) is 3.43. The van der Waals surface area contributed by atoms with E-state index in [2.05, 4.69) is 10.0 Å². The summed E-state index contributed by atoms with van der Waals surface area (Å²) in [5.41, 5.74) is 5.55. The molecule has 4 rings (SSSR count). The van der Waals surface area contributed by atoms with Gasteiger partial charge in [0, 0.05) is 15.7 Å². The number of halogens is 3. The van der Waals surface area contributed by atoms with Crippen LogP contribution in [0.15, 0.2) is 54.6 Å². The summed E-state index contributed by atoms with van der Waals surface area (Å²) in [4.78, 5) is 12.2. The fourth-order valence-corrected chi connectivity index (χ4v) is 5.46. The third-order valence-corrected chi connectivity index (χ3v) is 7.87. The lowest BCUT2D eigenvalue weighted by Gasteiger charge is -2.25. The highest BCUT2D eigenvalue weighted by atomic mass is 127. The molecule has 7 nitrogen and oxygen atoms in total. The number of primary amides is 1. The molecule has 34 heavy (non-hydrogen) atoms. The molecule has 0 unspecified atom stereocenters. The highest BCUT2D eigenvalue weighted by Gasteiger charge is 2.31. The van der Waals surface area contributed by atoms with E-state index in [-0.39, 0.29) is 34.1 Å². The molecular formula is C23H20F2IN3O4S. The van der Waals surface area contributed by atoms with E-state index in [1.807, 2.05) is 22.6 Å². The molecule has 178 valence electrons. The standard InChI is InChI=1S/C23H20F2IN3O4S/c24-13-9-20(28-19-8-7-14(26)11-18(19)25)22(23(27)30)21(10-13)33-16-4-1-3-15(12-16)29-34(31,32)17-5-2-6-17/h1,3-4,7-12,17,28-29H,2,5-6H2,(H2,27,30). The summed E-state index contributed by atoms with van der Waals surface area (Å²) in [7, 11) is -3.53. The van der Waals surface area contributed by atoms with E-state index in [0.29, 0.717) is 16.4 Å². The molecule has 0 saturated heterocycles. The maximum Gasteiger partial charge on any atom is 0.254 e. The average molecular weight is 599 g/mol. The number of carbonyl (C=O) groups excluding carboxylic acids is 1. The number of nitrogens with two attached hydrogens (primary N) is 1. The molecule has 3 aromatic rings. The normalized spacial score (nSPS) is 13.7. The Balaban J connectivity index is 1.65. The van der Waals surface area contributed by atoms with Crippen molar-refractivity contribution >= 4 is 55.6 Å². The van der Waals surface area contributed by atoms with Gasteiger partial charge in [0.25, 0.3) is 5.91 Å². The molecule has 4 N–H and O–H groups in total. The van der Waals surface area contributed by atoms with E-state index in [4.69, 9.17) is 10.5 Å². The molecular weight excluding hydrogens is 579 g/mol. The molecule has 0 spiro atoms. The van der Waals surface area contributed by atoms with Gasteiger partial charge in [-0.2, -0.15) is 0 Å². The number of ether oxygens (including phenoxy) is 1. The lowest BCUT2D eigenvalue weighted by atomic mass is 10.0. The van der Waals surface area contributed by atoms with Crippen molar-refractivity contribution in [2.45, 2.75) is 24.5 Å². The fraction of sp³-hybridized carbons (Fsp3) is 0.174. The second-order valence-corrected chi connectivity index (χ2v) is 11.0. The van der Waals surface area contributed by atoms with Crippen molar-refractivity contribution in [1.29, 1.82) is 0 Å². The highest BCUT2D eigenvalue weighted by Crippen LogP contribution is 2.35. The second kappa shape index (κ2) is 9.74. The summed E-state index contributed by atoms with van der Waals surface area (Å²) in [5.74, 6) is -2.34. The first-order valence-electron chi connectivity index (χ1n) is 10.3. The Morgan fingerprint density at radius 1 is 1.06 bits per heavy atom. The minimum absolute atomic E-state index is 0.0202. The van der Waals surface area contributed by atoms with Crippen LogP contribution in [-0.4, -0.2) is 19.6 Å². The van der Waals surface area contributed by atoms with Gasteiger partial charge in [0.1, 0.15) is 28.7 Å². The van der Waals surface area contributed by atoms with Gasteiger partial charge in [-0.15, -0.1) is 0 Å². The number of rotatable bonds is 8. The van der Waals surface area contributed by atoms with Crippen LogP contribution in [0.25, 0.3) is 0 Å². The zero-order valence-corrected chi connectivity index (χ0v) is 20.6. The van der Waals surface area contributed by atoms with E-state index < -0.39 is 32.8 Å². The van der Waals surface area contributed by atoms with Crippen LogP contribution in [0.2, 0.25) is 0 Å². The smallest absolute Gasteiger partial charge is 0.254 e. The van der Waals surface area contributed by atoms with Crippen molar-refractivity contribution in [3.8, 4) is 11.5 Å². The van der Waals surface area contributed by atoms with Gasteiger partial charge in [-0.25, -0.2) is 17.2 Å². The van der Waals surface area contributed by atoms with Crippen LogP contribution >= 0.6 is 22.6 Å². The summed E-state index contributed by atoms with van der Waals surface area (Å²) in [6, 6.07) is 12.4. The molecule has 3 aromatic carbocycles. The SMILES string of the molecule is NC(=O)c1c(Nc2ccc(I)cc2F)cc(F)cc1Oc1cccc(NS(=O)(=O)C2CCC2)c1. The van der Waals surface area contributed by atoms with E-state index in [9.17, 15) is 22.0 Å². The molecule has 1 amide bonds. The van der Waals surface area contributed by atoms with Crippen molar-refractivity contribution in [3.63, 3.8) is 0 Å². The molecule has 0 bridgehead atoms. The van der Waals surface area contributed by atoms with Gasteiger partial charge >= 0.3 is 0 Å². The number of nitrogens with one attached hydrogen (secondary N) is 2. The van der Waals surface area contributed by atoms with Crippen molar-refractivity contribution in [2.75, 3.05) is 10.0 Å². The molecule has 0 heterocycles. The minimum atomic E-state index is -3.53. The first-order valence-corrected chi connectivity index (χ1v) is 12.9. The van der Waals surface area contributed by atoms with Crippen molar-refractivity contribution in [2.24, 2.45) is 5.73 Å². The molecule has 0 aliphatic heterocycles. The van der Waals surface area contributed by atoms with Crippen LogP contribution < -0.4 is 20.5 Å². The number of hydrogen-bond acceptors (Lipinski definition) is 5. The number of benzene rings is 3.